The molecule has 0 fully saturated rings. The number of thioether (sulfide) groups is 1. The summed E-state index contributed by atoms with van der Waals surface area (Å²) in [6, 6.07) is 17.5. The Hall–Kier alpha value is -3.37. The van der Waals surface area contributed by atoms with Gasteiger partial charge >= 0.3 is 5.97 Å². The number of carbonyl (C=O) groups is 1. The molecule has 4 aromatic rings. The molecule has 0 spiro atoms. The van der Waals surface area contributed by atoms with Crippen LogP contribution in [0.5, 0.6) is 0 Å². The third-order valence-electron chi connectivity index (χ3n) is 4.21. The Labute approximate surface area is 159 Å². The molecule has 0 amide bonds. The number of ether oxygens (including phenoxy) is 1. The molecule has 0 bridgehead atoms. The molecule has 4 rings (SSSR count). The maximum absolute atomic E-state index is 11.6. The number of rotatable bonds is 4. The highest BCUT2D eigenvalue weighted by molar-refractivity contribution is 7.99. The fourth-order valence-corrected chi connectivity index (χ4v) is 3.82. The maximum Gasteiger partial charge on any atom is 0.316 e. The van der Waals surface area contributed by atoms with Gasteiger partial charge in [0.25, 0.3) is 0 Å². The van der Waals surface area contributed by atoms with Crippen LogP contribution in [0.4, 0.5) is 0 Å². The van der Waals surface area contributed by atoms with Gasteiger partial charge in [-0.25, -0.2) is 9.97 Å². The van der Waals surface area contributed by atoms with Gasteiger partial charge in [0.2, 0.25) is 0 Å². The van der Waals surface area contributed by atoms with Crippen molar-refractivity contribution in [2.24, 2.45) is 0 Å². The first-order valence-corrected chi connectivity index (χ1v) is 9.17. The lowest BCUT2D eigenvalue weighted by Crippen LogP contribution is -2.05. The zero-order valence-corrected chi connectivity index (χ0v) is 15.2. The summed E-state index contributed by atoms with van der Waals surface area (Å²) in [5, 5.41) is 11.9. The second-order valence-electron chi connectivity index (χ2n) is 5.73. The van der Waals surface area contributed by atoms with Crippen molar-refractivity contribution < 1.29 is 9.53 Å². The molecular formula is C20H14N4O2S. The molecule has 2 aromatic heterocycles. The highest BCUT2D eigenvalue weighted by Crippen LogP contribution is 2.32. The molecule has 0 saturated carbocycles. The topological polar surface area (TPSA) is 80.8 Å². The highest BCUT2D eigenvalue weighted by Gasteiger charge is 2.17. The largest absolute Gasteiger partial charge is 0.468 e. The van der Waals surface area contributed by atoms with Crippen LogP contribution >= 0.6 is 11.8 Å². The molecule has 0 N–H and O–H groups in total. The number of aromatic nitrogens is 3. The van der Waals surface area contributed by atoms with Gasteiger partial charge in [0.1, 0.15) is 0 Å². The summed E-state index contributed by atoms with van der Waals surface area (Å²) >= 11 is 1.29. The summed E-state index contributed by atoms with van der Waals surface area (Å²) in [4.78, 5) is 20.5. The van der Waals surface area contributed by atoms with Gasteiger partial charge in [-0.2, -0.15) is 5.26 Å². The number of nitriles is 1. The Bertz CT molecular complexity index is 1210. The number of hydrogen-bond acceptors (Lipinski definition) is 6. The van der Waals surface area contributed by atoms with Crippen molar-refractivity contribution in [3.63, 3.8) is 0 Å². The van der Waals surface area contributed by atoms with E-state index in [1.54, 1.807) is 12.3 Å². The molecule has 132 valence electrons. The zero-order chi connectivity index (χ0) is 18.8. The molecule has 27 heavy (non-hydrogen) atoms. The van der Waals surface area contributed by atoms with Gasteiger partial charge < -0.3 is 4.74 Å². The molecule has 2 aromatic carbocycles. The van der Waals surface area contributed by atoms with E-state index in [0.717, 1.165) is 22.0 Å². The molecule has 0 unspecified atom stereocenters. The summed E-state index contributed by atoms with van der Waals surface area (Å²) in [6.45, 7) is 0. The Morgan fingerprint density at radius 3 is 2.78 bits per heavy atom. The predicted octanol–water partition coefficient (Wildman–Crippen LogP) is 3.71. The monoisotopic (exact) mass is 374 g/mol. The molecule has 0 radical (unpaired) electrons. The number of fused-ring (bicyclic) bond motifs is 2. The van der Waals surface area contributed by atoms with Crippen LogP contribution in [-0.2, 0) is 9.53 Å². The number of esters is 1. The third kappa shape index (κ3) is 3.00. The van der Waals surface area contributed by atoms with E-state index in [9.17, 15) is 10.1 Å². The summed E-state index contributed by atoms with van der Waals surface area (Å²) in [5.41, 5.74) is 2.92. The summed E-state index contributed by atoms with van der Waals surface area (Å²) in [5.74, 6) is -0.176. The molecule has 0 aliphatic heterocycles. The van der Waals surface area contributed by atoms with E-state index in [-0.39, 0.29) is 11.7 Å². The zero-order valence-electron chi connectivity index (χ0n) is 14.4. The molecule has 0 atom stereocenters. The van der Waals surface area contributed by atoms with Crippen molar-refractivity contribution in [1.82, 2.24) is 14.5 Å². The van der Waals surface area contributed by atoms with Gasteiger partial charge in [0.05, 0.1) is 35.7 Å². The lowest BCUT2D eigenvalue weighted by Gasteiger charge is -2.12. The van der Waals surface area contributed by atoms with Crippen LogP contribution in [0.2, 0.25) is 0 Å². The minimum atomic E-state index is -0.323. The number of methoxy groups -OCH3 is 1. The third-order valence-corrected chi connectivity index (χ3v) is 5.12. The van der Waals surface area contributed by atoms with Gasteiger partial charge in [-0.3, -0.25) is 9.36 Å². The first-order valence-electron chi connectivity index (χ1n) is 8.18. The number of hydrogen-bond donors (Lipinski definition) is 0. The number of imidazole rings is 1. The summed E-state index contributed by atoms with van der Waals surface area (Å²) < 4.78 is 6.72. The Kier molecular flexibility index (Phi) is 4.48. The Balaban J connectivity index is 1.97. The van der Waals surface area contributed by atoms with E-state index in [0.29, 0.717) is 16.4 Å². The summed E-state index contributed by atoms with van der Waals surface area (Å²) in [7, 11) is 1.36. The molecule has 2 heterocycles. The number of nitrogens with zero attached hydrogens (tertiary/aromatic N) is 4. The molecule has 6 nitrogen and oxygen atoms in total. The van der Waals surface area contributed by atoms with Crippen LogP contribution in [0.1, 0.15) is 5.56 Å². The van der Waals surface area contributed by atoms with E-state index in [1.807, 2.05) is 47.0 Å². The van der Waals surface area contributed by atoms with Crippen molar-refractivity contribution in [1.29, 1.82) is 5.26 Å². The highest BCUT2D eigenvalue weighted by atomic mass is 32.2. The van der Waals surface area contributed by atoms with Gasteiger partial charge in [-0.1, -0.05) is 36.0 Å². The quantitative estimate of drug-likeness (QED) is 0.400. The standard InChI is InChI=1S/C20H14N4O2S/c1-26-18(25)12-27-20-23-19-17(7-4-10-22-19)24(20)16-9-8-13(11-21)14-5-2-3-6-15(14)16/h2-10H,12H2,1H3. The first kappa shape index (κ1) is 17.1. The van der Waals surface area contributed by atoms with E-state index >= 15 is 0 Å². The second-order valence-corrected chi connectivity index (χ2v) is 6.67. The lowest BCUT2D eigenvalue weighted by molar-refractivity contribution is -0.137. The number of pyridine rings is 1. The van der Waals surface area contributed by atoms with Crippen LogP contribution in [0.3, 0.4) is 0 Å². The predicted molar refractivity (Wildman–Crippen MR) is 104 cm³/mol. The van der Waals surface area contributed by atoms with E-state index in [4.69, 9.17) is 4.74 Å². The van der Waals surface area contributed by atoms with E-state index < -0.39 is 0 Å². The minimum Gasteiger partial charge on any atom is -0.468 e. The van der Waals surface area contributed by atoms with Crippen molar-refractivity contribution in [2.75, 3.05) is 12.9 Å². The van der Waals surface area contributed by atoms with E-state index in [2.05, 4.69) is 16.0 Å². The average molecular weight is 374 g/mol. The second kappa shape index (κ2) is 7.09. The normalized spacial score (nSPS) is 10.8. The van der Waals surface area contributed by atoms with Crippen molar-refractivity contribution in [2.45, 2.75) is 5.16 Å². The molecule has 7 heteroatoms. The molecule has 0 saturated heterocycles. The smallest absolute Gasteiger partial charge is 0.316 e. The Morgan fingerprint density at radius 2 is 2.00 bits per heavy atom. The van der Waals surface area contributed by atoms with Crippen LogP contribution in [-0.4, -0.2) is 33.4 Å². The first-order chi connectivity index (χ1) is 13.2. The maximum atomic E-state index is 11.6. The van der Waals surface area contributed by atoms with Crippen LogP contribution < -0.4 is 0 Å². The Morgan fingerprint density at radius 1 is 1.19 bits per heavy atom. The van der Waals surface area contributed by atoms with Gasteiger partial charge in [0, 0.05) is 17.0 Å². The minimum absolute atomic E-state index is 0.147. The SMILES string of the molecule is COC(=O)CSc1nc2ncccc2n1-c1ccc(C#N)c2ccccc12. The van der Waals surface area contributed by atoms with Crippen molar-refractivity contribution in [3.05, 3.63) is 60.3 Å². The average Bonchev–Trinajstić information content (AvgIpc) is 3.09. The summed E-state index contributed by atoms with van der Waals surface area (Å²) in [6.07, 6.45) is 1.69. The van der Waals surface area contributed by atoms with Crippen molar-refractivity contribution in [3.8, 4) is 11.8 Å². The van der Waals surface area contributed by atoms with Gasteiger partial charge in [-0.05, 0) is 24.3 Å². The lowest BCUT2D eigenvalue weighted by atomic mass is 10.0. The fraction of sp³-hybridized carbons (Fsp3) is 0.100. The number of benzene rings is 2. The van der Waals surface area contributed by atoms with E-state index in [1.165, 1.54) is 18.9 Å². The van der Waals surface area contributed by atoms with Gasteiger partial charge in [-0.15, -0.1) is 0 Å². The number of carbonyl (C=O) groups excluding carboxylic acids is 1. The van der Waals surface area contributed by atoms with Crippen molar-refractivity contribution >= 4 is 39.7 Å². The molecular weight excluding hydrogens is 360 g/mol. The molecule has 0 aliphatic carbocycles. The van der Waals surface area contributed by atoms with Gasteiger partial charge in [0.15, 0.2) is 10.8 Å². The molecule has 0 aliphatic rings. The van der Waals surface area contributed by atoms with Crippen LogP contribution in [0.15, 0.2) is 59.9 Å². The van der Waals surface area contributed by atoms with Crippen LogP contribution in [0.25, 0.3) is 27.6 Å². The fourth-order valence-electron chi connectivity index (χ4n) is 2.98. The van der Waals surface area contributed by atoms with Crippen LogP contribution in [0, 0.1) is 11.3 Å².